The molecule has 0 bridgehead atoms. The van der Waals surface area contributed by atoms with Crippen molar-refractivity contribution in [2.75, 3.05) is 13.7 Å². The SMILES string of the molecule is COCC(=O)N=C1C=CC2C(C)=CC(=O)NC2=C1. The summed E-state index contributed by atoms with van der Waals surface area (Å²) in [5, 5.41) is 2.76. The van der Waals surface area contributed by atoms with E-state index >= 15 is 0 Å². The highest BCUT2D eigenvalue weighted by molar-refractivity contribution is 6.11. The Kier molecular flexibility index (Phi) is 3.53. The Morgan fingerprint density at radius 2 is 2.28 bits per heavy atom. The zero-order valence-electron chi connectivity index (χ0n) is 10.3. The molecule has 0 fully saturated rings. The van der Waals surface area contributed by atoms with Crippen LogP contribution >= 0.6 is 0 Å². The van der Waals surface area contributed by atoms with Crippen LogP contribution in [-0.2, 0) is 14.3 Å². The molecule has 0 saturated heterocycles. The van der Waals surface area contributed by atoms with Crippen LogP contribution in [0.25, 0.3) is 0 Å². The molecule has 2 amide bonds. The van der Waals surface area contributed by atoms with Crippen molar-refractivity contribution in [3.05, 3.63) is 35.6 Å². The van der Waals surface area contributed by atoms with Crippen LogP contribution in [0.3, 0.4) is 0 Å². The van der Waals surface area contributed by atoms with Crippen LogP contribution in [0.2, 0.25) is 0 Å². The number of fused-ring (bicyclic) bond motifs is 1. The monoisotopic (exact) mass is 246 g/mol. The van der Waals surface area contributed by atoms with Gasteiger partial charge >= 0.3 is 0 Å². The fraction of sp³-hybridized carbons (Fsp3) is 0.308. The minimum atomic E-state index is -0.346. The highest BCUT2D eigenvalue weighted by Crippen LogP contribution is 2.26. The number of methoxy groups -OCH3 is 1. The number of carbonyl (C=O) groups excluding carboxylic acids is 2. The molecule has 0 saturated carbocycles. The van der Waals surface area contributed by atoms with Crippen molar-refractivity contribution < 1.29 is 14.3 Å². The van der Waals surface area contributed by atoms with E-state index in [4.69, 9.17) is 4.74 Å². The molecule has 94 valence electrons. The molecule has 1 N–H and O–H groups in total. The standard InChI is InChI=1S/C13H14N2O3/c1-8-5-12(16)15-11-6-9(3-4-10(8)11)14-13(17)7-18-2/h3-6,10H,7H2,1-2H3,(H,15,16). The van der Waals surface area contributed by atoms with E-state index in [1.54, 1.807) is 18.2 Å². The first-order valence-electron chi connectivity index (χ1n) is 5.59. The van der Waals surface area contributed by atoms with Crippen molar-refractivity contribution in [3.8, 4) is 0 Å². The van der Waals surface area contributed by atoms with Gasteiger partial charge < -0.3 is 10.1 Å². The van der Waals surface area contributed by atoms with Crippen molar-refractivity contribution >= 4 is 17.5 Å². The molecule has 5 heteroatoms. The molecule has 0 aromatic carbocycles. The molecule has 0 spiro atoms. The number of aliphatic imine (C=N–C) groups is 1. The number of allylic oxidation sites excluding steroid dienone is 3. The van der Waals surface area contributed by atoms with Gasteiger partial charge in [-0.2, -0.15) is 0 Å². The van der Waals surface area contributed by atoms with Crippen LogP contribution in [0.15, 0.2) is 40.6 Å². The normalized spacial score (nSPS) is 24.2. The first kappa shape index (κ1) is 12.4. The summed E-state index contributed by atoms with van der Waals surface area (Å²) >= 11 is 0. The van der Waals surface area contributed by atoms with Gasteiger partial charge in [-0.3, -0.25) is 9.59 Å². The average Bonchev–Trinajstić information content (AvgIpc) is 2.28. The van der Waals surface area contributed by atoms with Gasteiger partial charge in [-0.15, -0.1) is 0 Å². The van der Waals surface area contributed by atoms with Crippen molar-refractivity contribution in [2.45, 2.75) is 6.92 Å². The van der Waals surface area contributed by atoms with Gasteiger partial charge in [-0.25, -0.2) is 4.99 Å². The zero-order valence-corrected chi connectivity index (χ0v) is 10.3. The van der Waals surface area contributed by atoms with Crippen molar-refractivity contribution in [1.29, 1.82) is 0 Å². The van der Waals surface area contributed by atoms with E-state index in [2.05, 4.69) is 10.3 Å². The van der Waals surface area contributed by atoms with E-state index < -0.39 is 0 Å². The van der Waals surface area contributed by atoms with Gasteiger partial charge in [0.1, 0.15) is 6.61 Å². The van der Waals surface area contributed by atoms with E-state index in [-0.39, 0.29) is 24.3 Å². The summed E-state index contributed by atoms with van der Waals surface area (Å²) in [6.07, 6.45) is 6.98. The van der Waals surface area contributed by atoms with Gasteiger partial charge in [-0.05, 0) is 19.1 Å². The maximum absolute atomic E-state index is 11.4. The molecular weight excluding hydrogens is 232 g/mol. The molecule has 5 nitrogen and oxygen atoms in total. The number of nitrogens with zero attached hydrogens (tertiary/aromatic N) is 1. The second kappa shape index (κ2) is 5.10. The van der Waals surface area contributed by atoms with E-state index in [1.807, 2.05) is 13.0 Å². The highest BCUT2D eigenvalue weighted by Gasteiger charge is 2.23. The van der Waals surface area contributed by atoms with Crippen molar-refractivity contribution in [1.82, 2.24) is 5.32 Å². The Morgan fingerprint density at radius 3 is 3.00 bits per heavy atom. The van der Waals surface area contributed by atoms with Gasteiger partial charge in [0.25, 0.3) is 5.91 Å². The molecule has 2 rings (SSSR count). The van der Waals surface area contributed by atoms with Crippen LogP contribution in [0.4, 0.5) is 0 Å². The third-order valence-corrected chi connectivity index (χ3v) is 2.74. The minimum absolute atomic E-state index is 0.0464. The predicted molar refractivity (Wildman–Crippen MR) is 66.9 cm³/mol. The minimum Gasteiger partial charge on any atom is -0.375 e. The molecule has 1 atom stereocenters. The Bertz CT molecular complexity index is 512. The lowest BCUT2D eigenvalue weighted by Crippen LogP contribution is -2.32. The number of rotatable bonds is 2. The smallest absolute Gasteiger partial charge is 0.272 e. The molecule has 0 radical (unpaired) electrons. The van der Waals surface area contributed by atoms with E-state index in [0.29, 0.717) is 5.71 Å². The van der Waals surface area contributed by atoms with Crippen LogP contribution < -0.4 is 5.32 Å². The lowest BCUT2D eigenvalue weighted by molar-refractivity contribution is -0.121. The van der Waals surface area contributed by atoms with Gasteiger partial charge in [0.15, 0.2) is 0 Å². The van der Waals surface area contributed by atoms with Gasteiger partial charge in [-0.1, -0.05) is 11.6 Å². The summed E-state index contributed by atoms with van der Waals surface area (Å²) in [7, 11) is 1.44. The Labute approximate surface area is 105 Å². The van der Waals surface area contributed by atoms with Crippen LogP contribution in [0, 0.1) is 5.92 Å². The Morgan fingerprint density at radius 1 is 1.50 bits per heavy atom. The lowest BCUT2D eigenvalue weighted by Gasteiger charge is -2.25. The number of ether oxygens (including phenoxy) is 1. The molecule has 2 aliphatic rings. The third kappa shape index (κ3) is 2.62. The number of carbonyl (C=O) groups is 2. The molecule has 1 heterocycles. The quantitative estimate of drug-likeness (QED) is 0.781. The summed E-state index contributed by atoms with van der Waals surface area (Å²) in [5.41, 5.74) is 2.26. The summed E-state index contributed by atoms with van der Waals surface area (Å²) in [6, 6.07) is 0. The van der Waals surface area contributed by atoms with E-state index in [9.17, 15) is 9.59 Å². The molecule has 0 aromatic rings. The Hall–Kier alpha value is -2.01. The molecular formula is C13H14N2O3. The van der Waals surface area contributed by atoms with Crippen molar-refractivity contribution in [2.24, 2.45) is 10.9 Å². The van der Waals surface area contributed by atoms with E-state index in [1.165, 1.54) is 7.11 Å². The van der Waals surface area contributed by atoms with Crippen LogP contribution in [0.5, 0.6) is 0 Å². The maximum Gasteiger partial charge on any atom is 0.272 e. The van der Waals surface area contributed by atoms with Crippen molar-refractivity contribution in [3.63, 3.8) is 0 Å². The molecule has 18 heavy (non-hydrogen) atoms. The highest BCUT2D eigenvalue weighted by atomic mass is 16.5. The average molecular weight is 246 g/mol. The zero-order chi connectivity index (χ0) is 13.1. The van der Waals surface area contributed by atoms with Gasteiger partial charge in [0.2, 0.25) is 5.91 Å². The molecule has 1 unspecified atom stereocenters. The topological polar surface area (TPSA) is 67.8 Å². The largest absolute Gasteiger partial charge is 0.375 e. The third-order valence-electron chi connectivity index (χ3n) is 2.74. The maximum atomic E-state index is 11.4. The number of hydrogen-bond acceptors (Lipinski definition) is 3. The van der Waals surface area contributed by atoms with E-state index in [0.717, 1.165) is 11.3 Å². The second-order valence-corrected chi connectivity index (χ2v) is 4.18. The first-order chi connectivity index (χ1) is 8.60. The number of amides is 2. The summed E-state index contributed by atoms with van der Waals surface area (Å²) in [6.45, 7) is 1.86. The van der Waals surface area contributed by atoms with Gasteiger partial charge in [0, 0.05) is 24.8 Å². The summed E-state index contributed by atoms with van der Waals surface area (Å²) in [4.78, 5) is 26.6. The summed E-state index contributed by atoms with van der Waals surface area (Å²) in [5.74, 6) is -0.422. The van der Waals surface area contributed by atoms with Crippen LogP contribution in [0.1, 0.15) is 6.92 Å². The first-order valence-corrected chi connectivity index (χ1v) is 5.59. The molecule has 0 aromatic heterocycles. The number of nitrogens with one attached hydrogen (secondary N) is 1. The summed E-state index contributed by atoms with van der Waals surface area (Å²) < 4.78 is 4.71. The van der Waals surface area contributed by atoms with Crippen LogP contribution in [-0.4, -0.2) is 31.2 Å². The molecule has 1 aliphatic heterocycles. The second-order valence-electron chi connectivity index (χ2n) is 4.18. The van der Waals surface area contributed by atoms with Gasteiger partial charge in [0.05, 0.1) is 5.71 Å². The predicted octanol–water partition coefficient (Wildman–Crippen LogP) is 0.746. The Balaban J connectivity index is 2.22. The number of hydrogen-bond donors (Lipinski definition) is 1. The molecule has 1 aliphatic carbocycles. The fourth-order valence-corrected chi connectivity index (χ4v) is 1.95. The fourth-order valence-electron chi connectivity index (χ4n) is 1.95. The lowest BCUT2D eigenvalue weighted by atomic mass is 9.89.